The standard InChI is InChI=1S/C69H109F3N12O13/c1-15-43(8)59(82(12)66(92)57(41(4)5)80-65(91)58(42(6)7)81(10)11)52(96-13)38-55(86)84-34-20-25-51(84)60(97-14)44(9)61(87)78-50(36-45-22-17-16-18-23-45)62(88)75-39-46-27-29-48(30-28-46)76-63(89)49(24-19-32-74-68(73)95)77-64(90)56(40(2)3)79-54(85)26-21-33-83-35-31-47(67(93)94)37-53(83)69(70,71)72/h16-18,22-23,27-30,40-44,47,49-53,56-60H,15,19-21,24-26,31-39H2,1-14H3,(H,75,88)(H,76,89)(H,77,90)(H,78,87)(H,79,85)(H,80,91)(H,93,94)(H3,73,74,95)/t43-,44+,47-,49-,50-,51-,52+,53+,56-,57-,58-,59-,60+/m0/s1. The summed E-state index contributed by atoms with van der Waals surface area (Å²) in [6, 6.07) is 7.06. The van der Waals surface area contributed by atoms with Crippen LogP contribution in [0.4, 0.5) is 23.7 Å². The number of halogens is 3. The Labute approximate surface area is 570 Å². The maximum Gasteiger partial charge on any atom is 0.404 e. The molecule has 2 aliphatic rings. The smallest absolute Gasteiger partial charge is 0.404 e. The van der Waals surface area contributed by atoms with Gasteiger partial charge >= 0.3 is 18.2 Å². The number of likely N-dealkylation sites (tertiary alicyclic amines) is 2. The van der Waals surface area contributed by atoms with E-state index in [1.807, 2.05) is 90.9 Å². The van der Waals surface area contributed by atoms with Crippen LogP contribution in [0.15, 0.2) is 54.6 Å². The predicted molar refractivity (Wildman–Crippen MR) is 361 cm³/mol. The van der Waals surface area contributed by atoms with Crippen LogP contribution in [0.3, 0.4) is 0 Å². The van der Waals surface area contributed by atoms with E-state index in [9.17, 15) is 66.2 Å². The Morgan fingerprint density at radius 2 is 1.35 bits per heavy atom. The number of anilines is 1. The number of primary amides is 1. The molecule has 2 aromatic carbocycles. The van der Waals surface area contributed by atoms with Crippen LogP contribution in [-0.4, -0.2) is 212 Å². The maximum atomic E-state index is 14.6. The number of benzene rings is 2. The van der Waals surface area contributed by atoms with Gasteiger partial charge in [0.1, 0.15) is 30.2 Å². The molecule has 0 radical (unpaired) electrons. The van der Waals surface area contributed by atoms with Crippen molar-refractivity contribution in [1.82, 2.24) is 51.5 Å². The number of hydrogen-bond donors (Lipinski definition) is 9. The van der Waals surface area contributed by atoms with Crippen molar-refractivity contribution in [1.29, 1.82) is 0 Å². The SMILES string of the molecule is CC[C@H](C)[C@@H]([C@@H](CC(=O)N1CCC[C@H]1[C@H](OC)[C@@H](C)C(=O)N[C@@H](Cc1ccccc1)C(=O)NCc1ccc(NC(=O)[C@H](CCCNC(N)=O)NC(=O)[C@@H](NC(=O)CCCN2CC[C@H](C(=O)O)C[C@@H]2C(F)(F)F)C(C)C)cc1)OC)N(C)C(=O)[C@@H](NC(=O)[C@H](C(C)C)N(C)C)C(C)C. The molecule has 13 atom stereocenters. The van der Waals surface area contributed by atoms with Crippen molar-refractivity contribution in [3.05, 3.63) is 65.7 Å². The van der Waals surface area contributed by atoms with Crippen LogP contribution in [-0.2, 0) is 65.6 Å². The highest BCUT2D eigenvalue weighted by Gasteiger charge is 2.48. The summed E-state index contributed by atoms with van der Waals surface area (Å²) in [6.07, 6.45) is -4.92. The minimum Gasteiger partial charge on any atom is -0.481 e. The monoisotopic (exact) mass is 1370 g/mol. The van der Waals surface area contributed by atoms with Crippen molar-refractivity contribution >= 4 is 64.9 Å². The lowest BCUT2D eigenvalue weighted by Gasteiger charge is -2.41. The number of nitrogens with one attached hydrogen (secondary N) is 7. The van der Waals surface area contributed by atoms with E-state index in [1.54, 1.807) is 61.9 Å². The molecule has 4 rings (SSSR count). The van der Waals surface area contributed by atoms with E-state index in [-0.39, 0.29) is 107 Å². The highest BCUT2D eigenvalue weighted by Crippen LogP contribution is 2.35. The van der Waals surface area contributed by atoms with Gasteiger partial charge in [-0.1, -0.05) is 111 Å². The zero-order chi connectivity index (χ0) is 72.6. The lowest BCUT2D eigenvalue weighted by Crippen LogP contribution is -2.59. The number of piperidine rings is 1. The Morgan fingerprint density at radius 1 is 0.711 bits per heavy atom. The van der Waals surface area contributed by atoms with Crippen LogP contribution in [0.1, 0.15) is 138 Å². The first-order valence-corrected chi connectivity index (χ1v) is 33.9. The van der Waals surface area contributed by atoms with Crippen LogP contribution < -0.4 is 43.0 Å². The highest BCUT2D eigenvalue weighted by molar-refractivity contribution is 5.98. The van der Waals surface area contributed by atoms with Crippen LogP contribution in [0.5, 0.6) is 0 Å². The zero-order valence-electron chi connectivity index (χ0n) is 59.1. The third-order valence-corrected chi connectivity index (χ3v) is 18.7. The average molecular weight is 1370 g/mol. The first kappa shape index (κ1) is 82.0. The molecular weight excluding hydrogens is 1260 g/mol. The number of rotatable bonds is 38. The van der Waals surface area contributed by atoms with E-state index in [2.05, 4.69) is 37.2 Å². The fourth-order valence-corrected chi connectivity index (χ4v) is 13.1. The molecule has 0 unspecified atom stereocenters. The average Bonchev–Trinajstić information content (AvgIpc) is 1.61. The second-order valence-electron chi connectivity index (χ2n) is 27.2. The largest absolute Gasteiger partial charge is 0.481 e. The number of carbonyl (C=O) groups excluding carboxylic acids is 9. The van der Waals surface area contributed by atoms with E-state index in [0.717, 1.165) is 10.5 Å². The number of carboxylic acids is 1. The molecule has 10 amide bonds. The molecule has 28 heteroatoms. The number of aliphatic carboxylic acids is 1. The molecule has 2 aliphatic heterocycles. The van der Waals surface area contributed by atoms with Crippen molar-refractivity contribution in [3.8, 4) is 0 Å². The molecule has 0 saturated carbocycles. The van der Waals surface area contributed by atoms with Crippen molar-refractivity contribution in [2.75, 3.05) is 66.9 Å². The van der Waals surface area contributed by atoms with Gasteiger partial charge in [-0.3, -0.25) is 53.0 Å². The van der Waals surface area contributed by atoms with Crippen molar-refractivity contribution in [2.24, 2.45) is 41.2 Å². The minimum absolute atomic E-state index is 0.00565. The van der Waals surface area contributed by atoms with E-state index >= 15 is 0 Å². The summed E-state index contributed by atoms with van der Waals surface area (Å²) in [5.74, 6) is -7.92. The Balaban J connectivity index is 1.43. The summed E-state index contributed by atoms with van der Waals surface area (Å²) in [5, 5.41) is 28.8. The number of likely N-dealkylation sites (N-methyl/N-ethyl adjacent to an activating group) is 2. The van der Waals surface area contributed by atoms with Crippen LogP contribution in [0.25, 0.3) is 0 Å². The molecule has 2 heterocycles. The predicted octanol–water partition coefficient (Wildman–Crippen LogP) is 5.20. The van der Waals surface area contributed by atoms with Crippen molar-refractivity contribution in [3.63, 3.8) is 0 Å². The molecule has 25 nitrogen and oxygen atoms in total. The van der Waals surface area contributed by atoms with Gasteiger partial charge in [-0.05, 0) is 119 Å². The molecule has 0 spiro atoms. The number of urea groups is 1. The number of nitrogens with zero attached hydrogens (tertiary/aromatic N) is 4. The van der Waals surface area contributed by atoms with Crippen molar-refractivity contribution < 1.29 is 75.7 Å². The molecule has 0 aliphatic carbocycles. The van der Waals surface area contributed by atoms with Gasteiger partial charge in [-0.2, -0.15) is 13.2 Å². The van der Waals surface area contributed by atoms with E-state index in [1.165, 1.54) is 14.2 Å². The lowest BCUT2D eigenvalue weighted by molar-refractivity contribution is -0.197. The normalized spacial score (nSPS) is 19.1. The number of nitrogens with two attached hydrogens (primary N) is 1. The van der Waals surface area contributed by atoms with Gasteiger partial charge in [-0.25, -0.2) is 4.79 Å². The summed E-state index contributed by atoms with van der Waals surface area (Å²) in [7, 11) is 8.34. The second kappa shape index (κ2) is 39.2. The minimum atomic E-state index is -4.67. The molecule has 0 aromatic heterocycles. The van der Waals surface area contributed by atoms with Gasteiger partial charge in [0.15, 0.2) is 0 Å². The summed E-state index contributed by atoms with van der Waals surface area (Å²) in [4.78, 5) is 142. The van der Waals surface area contributed by atoms with Gasteiger partial charge < -0.3 is 67.3 Å². The van der Waals surface area contributed by atoms with E-state index < -0.39 is 132 Å². The van der Waals surface area contributed by atoms with Crippen LogP contribution in [0, 0.1) is 35.5 Å². The lowest BCUT2D eigenvalue weighted by atomic mass is 9.89. The topological polar surface area (TPSA) is 333 Å². The molecule has 2 aromatic rings. The molecule has 10 N–H and O–H groups in total. The molecule has 97 heavy (non-hydrogen) atoms. The fourth-order valence-electron chi connectivity index (χ4n) is 13.1. The first-order chi connectivity index (χ1) is 45.6. The number of hydrogen-bond acceptors (Lipinski definition) is 14. The number of methoxy groups -OCH3 is 2. The Hall–Kier alpha value is -7.43. The van der Waals surface area contributed by atoms with E-state index in [0.29, 0.717) is 37.1 Å². The molecule has 544 valence electrons. The van der Waals surface area contributed by atoms with Gasteiger partial charge in [-0.15, -0.1) is 0 Å². The highest BCUT2D eigenvalue weighted by atomic mass is 19.4. The second-order valence-corrected chi connectivity index (χ2v) is 27.2. The number of ether oxygens (including phenoxy) is 2. The molecule has 2 fully saturated rings. The fraction of sp³-hybridized carbons (Fsp3) is 0.681. The maximum absolute atomic E-state index is 14.6. The summed E-state index contributed by atoms with van der Waals surface area (Å²) in [6.45, 7) is 16.9. The Morgan fingerprint density at radius 3 is 1.91 bits per heavy atom. The first-order valence-electron chi connectivity index (χ1n) is 33.9. The molecule has 0 bridgehead atoms. The number of carbonyl (C=O) groups is 10. The summed E-state index contributed by atoms with van der Waals surface area (Å²) < 4.78 is 53.9. The van der Waals surface area contributed by atoms with Gasteiger partial charge in [0.05, 0.1) is 48.6 Å². The van der Waals surface area contributed by atoms with Gasteiger partial charge in [0.2, 0.25) is 47.3 Å². The molecule has 2 saturated heterocycles. The third kappa shape index (κ3) is 24.8. The quantitative estimate of drug-likeness (QED) is 0.0390. The number of carboxylic acid groups (broad SMARTS) is 1. The zero-order valence-corrected chi connectivity index (χ0v) is 59.1. The summed E-state index contributed by atoms with van der Waals surface area (Å²) in [5.41, 5.74) is 6.94. The van der Waals surface area contributed by atoms with Gasteiger partial charge in [0, 0.05) is 59.4 Å². The number of alkyl halides is 3. The Kier molecular flexibility index (Phi) is 33.2. The van der Waals surface area contributed by atoms with E-state index in [4.69, 9.17) is 15.2 Å². The molecular formula is C69H109F3N12O13. The van der Waals surface area contributed by atoms with Gasteiger partial charge in [0.25, 0.3) is 0 Å². The number of amides is 10. The Bertz CT molecular complexity index is 2900. The van der Waals surface area contributed by atoms with Crippen LogP contribution in [0.2, 0.25) is 0 Å². The van der Waals surface area contributed by atoms with Crippen molar-refractivity contribution in [2.45, 2.75) is 206 Å². The third-order valence-electron chi connectivity index (χ3n) is 18.7. The summed E-state index contributed by atoms with van der Waals surface area (Å²) >= 11 is 0. The van der Waals surface area contributed by atoms with Crippen LogP contribution >= 0.6 is 0 Å².